The number of hydrogen-bond donors (Lipinski definition) is 0. The zero-order chi connectivity index (χ0) is 10.7. The number of benzene rings is 1. The van der Waals surface area contributed by atoms with Gasteiger partial charge >= 0.3 is 0 Å². The second kappa shape index (κ2) is 4.45. The van der Waals surface area contributed by atoms with Crippen molar-refractivity contribution < 1.29 is 0 Å². The summed E-state index contributed by atoms with van der Waals surface area (Å²) in [6.45, 7) is 13.1. The van der Waals surface area contributed by atoms with Gasteiger partial charge in [0.15, 0.2) is 0 Å². The minimum absolute atomic E-state index is 0.595. The Morgan fingerprint density at radius 1 is 1.00 bits per heavy atom. The summed E-state index contributed by atoms with van der Waals surface area (Å²) in [5.41, 5.74) is 1.51. The molecule has 14 heavy (non-hydrogen) atoms. The van der Waals surface area contributed by atoms with Crippen molar-refractivity contribution >= 4 is 12.2 Å². The van der Waals surface area contributed by atoms with Crippen LogP contribution in [0.3, 0.4) is 0 Å². The van der Waals surface area contributed by atoms with Gasteiger partial charge in [-0.05, 0) is 22.3 Å². The fraction of sp³-hybridized carbons (Fsp3) is 0.429. The Balaban J connectivity index is 3.53. The van der Waals surface area contributed by atoms with Crippen molar-refractivity contribution in [3.8, 4) is 0 Å². The maximum absolute atomic E-state index is 4.09. The summed E-state index contributed by atoms with van der Waals surface area (Å²) in [4.78, 5) is 0. The van der Waals surface area contributed by atoms with Gasteiger partial charge in [-0.3, -0.25) is 0 Å². The van der Waals surface area contributed by atoms with Crippen LogP contribution in [0.2, 0.25) is 0 Å². The smallest absolute Gasteiger partial charge is 0.0193 e. The van der Waals surface area contributed by atoms with Gasteiger partial charge in [-0.2, -0.15) is 0 Å². The third kappa shape index (κ3) is 2.25. The van der Waals surface area contributed by atoms with Crippen LogP contribution in [0.15, 0.2) is 24.3 Å². The van der Waals surface area contributed by atoms with E-state index in [0.29, 0.717) is 11.8 Å². The quantitative estimate of drug-likeness (QED) is 0.669. The predicted molar refractivity (Wildman–Crippen MR) is 64.3 cm³/mol. The third-order valence-electron chi connectivity index (χ3n) is 2.57. The van der Waals surface area contributed by atoms with Crippen LogP contribution in [0, 0.1) is 11.8 Å². The largest absolute Gasteiger partial charge is 0.0912 e. The molecule has 1 aromatic rings. The maximum Gasteiger partial charge on any atom is -0.0193 e. The van der Waals surface area contributed by atoms with Crippen LogP contribution in [0.5, 0.6) is 0 Å². The average Bonchev–Trinajstić information content (AvgIpc) is 2.07. The fourth-order valence-electron chi connectivity index (χ4n) is 2.09. The van der Waals surface area contributed by atoms with Gasteiger partial charge in [-0.25, -0.2) is 0 Å². The SMILES string of the molecule is C=c1ccccc1=C(C(C)C)C(C)C. The molecule has 0 bridgehead atoms. The minimum atomic E-state index is 0.595. The predicted octanol–water partition coefficient (Wildman–Crippen LogP) is 2.56. The first-order valence-corrected chi connectivity index (χ1v) is 5.32. The summed E-state index contributed by atoms with van der Waals surface area (Å²) in [5, 5.41) is 2.47. The molecule has 1 rings (SSSR count). The van der Waals surface area contributed by atoms with Crippen molar-refractivity contribution in [2.45, 2.75) is 27.7 Å². The summed E-state index contributed by atoms with van der Waals surface area (Å²) >= 11 is 0. The lowest BCUT2D eigenvalue weighted by Crippen LogP contribution is -2.28. The van der Waals surface area contributed by atoms with Gasteiger partial charge in [0.25, 0.3) is 0 Å². The van der Waals surface area contributed by atoms with Crippen molar-refractivity contribution in [2.75, 3.05) is 0 Å². The van der Waals surface area contributed by atoms with E-state index in [1.807, 2.05) is 6.07 Å². The highest BCUT2D eigenvalue weighted by Gasteiger charge is 2.08. The zero-order valence-corrected chi connectivity index (χ0v) is 9.67. The van der Waals surface area contributed by atoms with E-state index in [2.05, 4.69) is 52.5 Å². The van der Waals surface area contributed by atoms with Gasteiger partial charge < -0.3 is 0 Å². The van der Waals surface area contributed by atoms with Crippen LogP contribution >= 0.6 is 0 Å². The Bertz CT molecular complexity index is 386. The molecule has 76 valence electrons. The van der Waals surface area contributed by atoms with Crippen molar-refractivity contribution in [1.29, 1.82) is 0 Å². The van der Waals surface area contributed by atoms with Crippen molar-refractivity contribution in [3.63, 3.8) is 0 Å². The van der Waals surface area contributed by atoms with Gasteiger partial charge in [0, 0.05) is 0 Å². The molecule has 0 aliphatic rings. The molecule has 0 heterocycles. The summed E-state index contributed by atoms with van der Waals surface area (Å²) in [6, 6.07) is 8.40. The first-order chi connectivity index (χ1) is 6.54. The first-order valence-electron chi connectivity index (χ1n) is 5.32. The van der Waals surface area contributed by atoms with E-state index in [4.69, 9.17) is 0 Å². The molecule has 0 spiro atoms. The highest BCUT2D eigenvalue weighted by molar-refractivity contribution is 5.49. The lowest BCUT2D eigenvalue weighted by atomic mass is 9.90. The van der Waals surface area contributed by atoms with Crippen molar-refractivity contribution in [3.05, 3.63) is 34.7 Å². The summed E-state index contributed by atoms with van der Waals surface area (Å²) < 4.78 is 0. The number of hydrogen-bond acceptors (Lipinski definition) is 0. The molecule has 0 aliphatic carbocycles. The molecule has 0 fully saturated rings. The van der Waals surface area contributed by atoms with E-state index < -0.39 is 0 Å². The van der Waals surface area contributed by atoms with Crippen LogP contribution in [-0.4, -0.2) is 0 Å². The summed E-state index contributed by atoms with van der Waals surface area (Å²) in [5.74, 6) is 1.19. The maximum atomic E-state index is 4.09. The van der Waals surface area contributed by atoms with Gasteiger partial charge in [0.1, 0.15) is 0 Å². The highest BCUT2D eigenvalue weighted by Crippen LogP contribution is 2.18. The van der Waals surface area contributed by atoms with Gasteiger partial charge in [0.05, 0.1) is 0 Å². The van der Waals surface area contributed by atoms with Crippen LogP contribution in [0.25, 0.3) is 12.2 Å². The monoisotopic (exact) mass is 188 g/mol. The van der Waals surface area contributed by atoms with E-state index in [0.717, 1.165) is 5.22 Å². The molecular weight excluding hydrogens is 168 g/mol. The minimum Gasteiger partial charge on any atom is -0.0912 e. The molecule has 0 heteroatoms. The van der Waals surface area contributed by atoms with E-state index in [1.54, 1.807) is 0 Å². The molecule has 1 aromatic carbocycles. The molecule has 0 amide bonds. The van der Waals surface area contributed by atoms with Gasteiger partial charge in [0.2, 0.25) is 0 Å². The molecular formula is C14H20. The molecule has 0 radical (unpaired) electrons. The number of rotatable bonds is 2. The van der Waals surface area contributed by atoms with Crippen LogP contribution < -0.4 is 10.4 Å². The Morgan fingerprint density at radius 2 is 1.50 bits per heavy atom. The normalized spacial score (nSPS) is 11.0. The van der Waals surface area contributed by atoms with Crippen molar-refractivity contribution in [1.82, 2.24) is 0 Å². The molecule has 0 saturated carbocycles. The second-order valence-corrected chi connectivity index (χ2v) is 4.42. The molecule has 0 aliphatic heterocycles. The molecule has 0 unspecified atom stereocenters. The molecule has 0 atom stereocenters. The van der Waals surface area contributed by atoms with E-state index >= 15 is 0 Å². The van der Waals surface area contributed by atoms with Crippen LogP contribution in [0.4, 0.5) is 0 Å². The molecule has 0 saturated heterocycles. The van der Waals surface area contributed by atoms with Gasteiger partial charge in [-0.1, -0.05) is 64.1 Å². The van der Waals surface area contributed by atoms with Crippen molar-refractivity contribution in [2.24, 2.45) is 11.8 Å². The average molecular weight is 188 g/mol. The van der Waals surface area contributed by atoms with E-state index in [1.165, 1.54) is 10.8 Å². The van der Waals surface area contributed by atoms with E-state index in [-0.39, 0.29) is 0 Å². The lowest BCUT2D eigenvalue weighted by Gasteiger charge is -2.15. The summed E-state index contributed by atoms with van der Waals surface area (Å²) in [7, 11) is 0. The Labute approximate surface area is 87.0 Å². The van der Waals surface area contributed by atoms with E-state index in [9.17, 15) is 0 Å². The topological polar surface area (TPSA) is 0 Å². The van der Waals surface area contributed by atoms with Crippen LogP contribution in [-0.2, 0) is 0 Å². The molecule has 0 N–H and O–H groups in total. The third-order valence-corrected chi connectivity index (χ3v) is 2.57. The summed E-state index contributed by atoms with van der Waals surface area (Å²) in [6.07, 6.45) is 0. The Hall–Kier alpha value is -1.04. The molecule has 0 nitrogen and oxygen atoms in total. The van der Waals surface area contributed by atoms with Crippen LogP contribution in [0.1, 0.15) is 27.7 Å². The standard InChI is InChI=1S/C14H20/c1-10(2)14(11(3)4)13-9-7-6-8-12(13)5/h6-11H,5H2,1-4H3. The Kier molecular flexibility index (Phi) is 3.51. The molecule has 0 aromatic heterocycles. The zero-order valence-electron chi connectivity index (χ0n) is 9.67. The second-order valence-electron chi connectivity index (χ2n) is 4.42. The Morgan fingerprint density at radius 3 is 1.93 bits per heavy atom. The first kappa shape index (κ1) is 11.0. The lowest BCUT2D eigenvalue weighted by molar-refractivity contribution is 0.714. The highest BCUT2D eigenvalue weighted by atomic mass is 14.1. The van der Waals surface area contributed by atoms with Gasteiger partial charge in [-0.15, -0.1) is 0 Å². The fourth-order valence-corrected chi connectivity index (χ4v) is 2.09.